The maximum atomic E-state index is 12.9. The molecule has 1 heterocycles. The summed E-state index contributed by atoms with van der Waals surface area (Å²) in [5, 5.41) is 3.36. The number of halogens is 1. The predicted octanol–water partition coefficient (Wildman–Crippen LogP) is 2.69. The molecule has 0 saturated carbocycles. The Morgan fingerprint density at radius 2 is 2.00 bits per heavy atom. The molecule has 21 heavy (non-hydrogen) atoms. The number of rotatable bonds is 5. The van der Waals surface area contributed by atoms with Crippen molar-refractivity contribution in [3.8, 4) is 0 Å². The van der Waals surface area contributed by atoms with Gasteiger partial charge in [0.1, 0.15) is 0 Å². The second kappa shape index (κ2) is 7.39. The van der Waals surface area contributed by atoms with E-state index in [1.807, 2.05) is 26.0 Å². The highest BCUT2D eigenvalue weighted by Gasteiger charge is 2.29. The Morgan fingerprint density at radius 1 is 1.33 bits per heavy atom. The summed E-state index contributed by atoms with van der Waals surface area (Å²) in [6.07, 6.45) is 2.22. The summed E-state index contributed by atoms with van der Waals surface area (Å²) in [4.78, 5) is 0.389. The van der Waals surface area contributed by atoms with E-state index in [0.29, 0.717) is 17.4 Å². The highest BCUT2D eigenvalue weighted by molar-refractivity contribution is 14.1. The van der Waals surface area contributed by atoms with Gasteiger partial charge >= 0.3 is 0 Å². The van der Waals surface area contributed by atoms with Crippen LogP contribution in [0.3, 0.4) is 0 Å². The molecule has 0 bridgehead atoms. The van der Waals surface area contributed by atoms with Crippen molar-refractivity contribution in [2.24, 2.45) is 5.92 Å². The molecular formula is C15H23IN2O2S. The third-order valence-corrected chi connectivity index (χ3v) is 6.61. The molecule has 0 aromatic heterocycles. The number of nitrogens with one attached hydrogen (secondary N) is 1. The number of benzene rings is 1. The van der Waals surface area contributed by atoms with E-state index in [0.717, 1.165) is 29.5 Å². The van der Waals surface area contributed by atoms with Crippen LogP contribution in [0.2, 0.25) is 0 Å². The first kappa shape index (κ1) is 17.2. The average Bonchev–Trinajstić information content (AvgIpc) is 2.46. The molecule has 1 aliphatic rings. The Balaban J connectivity index is 2.21. The third kappa shape index (κ3) is 4.40. The van der Waals surface area contributed by atoms with Gasteiger partial charge in [0.15, 0.2) is 0 Å². The SMILES string of the molecule is CC(C)N(CC1CCCNC1)S(=O)(=O)c1ccc(I)cc1. The quantitative estimate of drug-likeness (QED) is 0.743. The summed E-state index contributed by atoms with van der Waals surface area (Å²) in [7, 11) is -3.41. The monoisotopic (exact) mass is 422 g/mol. The van der Waals surface area contributed by atoms with Crippen LogP contribution in [0, 0.1) is 9.49 Å². The van der Waals surface area contributed by atoms with Crippen molar-refractivity contribution in [3.63, 3.8) is 0 Å². The van der Waals surface area contributed by atoms with Crippen molar-refractivity contribution < 1.29 is 8.42 Å². The highest BCUT2D eigenvalue weighted by Crippen LogP contribution is 2.22. The number of nitrogens with zero attached hydrogens (tertiary/aromatic N) is 1. The van der Waals surface area contributed by atoms with Gasteiger partial charge in [-0.15, -0.1) is 0 Å². The average molecular weight is 422 g/mol. The van der Waals surface area contributed by atoms with Crippen molar-refractivity contribution in [1.82, 2.24) is 9.62 Å². The second-order valence-corrected chi connectivity index (χ2v) is 8.97. The van der Waals surface area contributed by atoms with E-state index in [4.69, 9.17) is 0 Å². The van der Waals surface area contributed by atoms with Crippen molar-refractivity contribution >= 4 is 32.6 Å². The lowest BCUT2D eigenvalue weighted by molar-refractivity contribution is 0.264. The lowest BCUT2D eigenvalue weighted by Crippen LogP contribution is -2.44. The lowest BCUT2D eigenvalue weighted by Gasteiger charge is -2.32. The van der Waals surface area contributed by atoms with Crippen LogP contribution in [0.4, 0.5) is 0 Å². The molecular weight excluding hydrogens is 399 g/mol. The van der Waals surface area contributed by atoms with Crippen LogP contribution in [0.15, 0.2) is 29.2 Å². The fraction of sp³-hybridized carbons (Fsp3) is 0.600. The molecule has 1 aromatic rings. The molecule has 2 rings (SSSR count). The summed E-state index contributed by atoms with van der Waals surface area (Å²) in [6.45, 7) is 6.44. The number of hydrogen-bond donors (Lipinski definition) is 1. The molecule has 118 valence electrons. The van der Waals surface area contributed by atoms with Gasteiger partial charge in [0.05, 0.1) is 4.90 Å². The van der Waals surface area contributed by atoms with Crippen molar-refractivity contribution in [2.45, 2.75) is 37.6 Å². The van der Waals surface area contributed by atoms with Crippen LogP contribution >= 0.6 is 22.6 Å². The van der Waals surface area contributed by atoms with Crippen molar-refractivity contribution in [1.29, 1.82) is 0 Å². The summed E-state index contributed by atoms with van der Waals surface area (Å²) >= 11 is 2.18. The number of sulfonamides is 1. The zero-order valence-electron chi connectivity index (χ0n) is 12.5. The molecule has 4 nitrogen and oxygen atoms in total. The molecule has 0 spiro atoms. The Morgan fingerprint density at radius 3 is 2.52 bits per heavy atom. The Kier molecular flexibility index (Phi) is 6.05. The largest absolute Gasteiger partial charge is 0.316 e. The smallest absolute Gasteiger partial charge is 0.243 e. The standard InChI is InChI=1S/C15H23IN2O2S/c1-12(2)18(11-13-4-3-9-17-10-13)21(19,20)15-7-5-14(16)6-8-15/h5-8,12-13,17H,3-4,9-11H2,1-2H3. The van der Waals surface area contributed by atoms with Gasteiger partial charge in [-0.1, -0.05) is 0 Å². The van der Waals surface area contributed by atoms with Crippen LogP contribution in [0.5, 0.6) is 0 Å². The van der Waals surface area contributed by atoms with E-state index in [1.165, 1.54) is 0 Å². The molecule has 1 atom stereocenters. The minimum absolute atomic E-state index is 0.0313. The molecule has 1 saturated heterocycles. The first-order valence-electron chi connectivity index (χ1n) is 7.39. The zero-order chi connectivity index (χ0) is 15.5. The molecule has 6 heteroatoms. The molecule has 1 N–H and O–H groups in total. The van der Waals surface area contributed by atoms with Crippen LogP contribution in [0.1, 0.15) is 26.7 Å². The van der Waals surface area contributed by atoms with Crippen LogP contribution in [0.25, 0.3) is 0 Å². The molecule has 0 radical (unpaired) electrons. The van der Waals surface area contributed by atoms with Crippen molar-refractivity contribution in [3.05, 3.63) is 27.8 Å². The summed E-state index contributed by atoms with van der Waals surface area (Å²) < 4.78 is 28.4. The van der Waals surface area contributed by atoms with E-state index in [1.54, 1.807) is 16.4 Å². The molecule has 1 aliphatic heterocycles. The molecule has 1 unspecified atom stereocenters. The third-order valence-electron chi connectivity index (χ3n) is 3.83. The lowest BCUT2D eigenvalue weighted by atomic mass is 9.99. The van der Waals surface area contributed by atoms with Gasteiger partial charge in [-0.25, -0.2) is 8.42 Å². The van der Waals surface area contributed by atoms with Gasteiger partial charge in [0.25, 0.3) is 0 Å². The maximum absolute atomic E-state index is 12.9. The minimum atomic E-state index is -3.41. The van der Waals surface area contributed by atoms with Gasteiger partial charge in [-0.05, 0) is 92.6 Å². The van der Waals surface area contributed by atoms with Crippen LogP contribution in [-0.4, -0.2) is 38.4 Å². The maximum Gasteiger partial charge on any atom is 0.243 e. The second-order valence-electron chi connectivity index (χ2n) is 5.83. The fourth-order valence-electron chi connectivity index (χ4n) is 2.66. The van der Waals surface area contributed by atoms with Gasteiger partial charge in [-0.3, -0.25) is 0 Å². The first-order valence-corrected chi connectivity index (χ1v) is 9.91. The normalized spacial score (nSPS) is 20.1. The number of hydrogen-bond acceptors (Lipinski definition) is 3. The molecule has 0 amide bonds. The Bertz CT molecular complexity index is 552. The molecule has 0 aliphatic carbocycles. The van der Waals surface area contributed by atoms with Crippen molar-refractivity contribution in [2.75, 3.05) is 19.6 Å². The van der Waals surface area contributed by atoms with E-state index in [2.05, 4.69) is 27.9 Å². The summed E-state index contributed by atoms with van der Waals surface area (Å²) in [5.74, 6) is 0.403. The summed E-state index contributed by atoms with van der Waals surface area (Å²) in [6, 6.07) is 7.05. The Hall–Kier alpha value is -0.180. The molecule has 1 fully saturated rings. The van der Waals surface area contributed by atoms with Gasteiger partial charge < -0.3 is 5.32 Å². The van der Waals surface area contributed by atoms with Gasteiger partial charge in [0, 0.05) is 16.2 Å². The van der Waals surface area contributed by atoms with Crippen LogP contribution in [-0.2, 0) is 10.0 Å². The van der Waals surface area contributed by atoms with Gasteiger partial charge in [0.2, 0.25) is 10.0 Å². The number of piperidine rings is 1. The zero-order valence-corrected chi connectivity index (χ0v) is 15.5. The van der Waals surface area contributed by atoms with E-state index < -0.39 is 10.0 Å². The van der Waals surface area contributed by atoms with E-state index in [9.17, 15) is 8.42 Å². The fourth-order valence-corrected chi connectivity index (χ4v) is 4.74. The predicted molar refractivity (Wildman–Crippen MR) is 93.8 cm³/mol. The van der Waals surface area contributed by atoms with Crippen LogP contribution < -0.4 is 5.32 Å². The van der Waals surface area contributed by atoms with E-state index >= 15 is 0 Å². The minimum Gasteiger partial charge on any atom is -0.316 e. The van der Waals surface area contributed by atoms with E-state index in [-0.39, 0.29) is 6.04 Å². The summed E-state index contributed by atoms with van der Waals surface area (Å²) in [5.41, 5.74) is 0. The topological polar surface area (TPSA) is 49.4 Å². The van der Waals surface area contributed by atoms with Gasteiger partial charge in [-0.2, -0.15) is 4.31 Å². The first-order chi connectivity index (χ1) is 9.91. The Labute approximate surface area is 141 Å². The highest BCUT2D eigenvalue weighted by atomic mass is 127. The molecule has 1 aromatic carbocycles.